The van der Waals surface area contributed by atoms with Crippen molar-refractivity contribution >= 4 is 6.09 Å². The summed E-state index contributed by atoms with van der Waals surface area (Å²) in [6.07, 6.45) is 5.26. The fourth-order valence-electron chi connectivity index (χ4n) is 0.568. The van der Waals surface area contributed by atoms with Gasteiger partial charge in [0, 0.05) is 13.2 Å². The predicted molar refractivity (Wildman–Crippen MR) is 44.7 cm³/mol. The van der Waals surface area contributed by atoms with Gasteiger partial charge in [0.05, 0.1) is 7.11 Å². The number of ether oxygens (including phenoxy) is 2. The van der Waals surface area contributed by atoms with E-state index >= 15 is 0 Å². The van der Waals surface area contributed by atoms with Crippen LogP contribution in [-0.2, 0) is 9.47 Å². The maximum absolute atomic E-state index is 10.5. The predicted octanol–water partition coefficient (Wildman–Crippen LogP) is 0.382. The second-order valence-electron chi connectivity index (χ2n) is 2.03. The SMILES string of the molecule is C#CCOCCCNC(=O)OC. The lowest BCUT2D eigenvalue weighted by Crippen LogP contribution is -2.24. The monoisotopic (exact) mass is 171 g/mol. The third kappa shape index (κ3) is 6.90. The molecular weight excluding hydrogens is 158 g/mol. The van der Waals surface area contributed by atoms with E-state index in [0.717, 1.165) is 6.42 Å². The average molecular weight is 171 g/mol. The van der Waals surface area contributed by atoms with Crippen molar-refractivity contribution in [1.29, 1.82) is 0 Å². The maximum Gasteiger partial charge on any atom is 0.406 e. The van der Waals surface area contributed by atoms with Crippen LogP contribution in [0.5, 0.6) is 0 Å². The van der Waals surface area contributed by atoms with E-state index in [1.54, 1.807) is 0 Å². The zero-order valence-electron chi connectivity index (χ0n) is 7.13. The van der Waals surface area contributed by atoms with Gasteiger partial charge in [0.1, 0.15) is 6.61 Å². The summed E-state index contributed by atoms with van der Waals surface area (Å²) >= 11 is 0. The zero-order chi connectivity index (χ0) is 9.23. The highest BCUT2D eigenvalue weighted by molar-refractivity contribution is 5.66. The van der Waals surface area contributed by atoms with Crippen LogP contribution in [0.15, 0.2) is 0 Å². The van der Waals surface area contributed by atoms with Gasteiger partial charge in [-0.2, -0.15) is 0 Å². The van der Waals surface area contributed by atoms with Crippen molar-refractivity contribution in [3.63, 3.8) is 0 Å². The van der Waals surface area contributed by atoms with E-state index in [4.69, 9.17) is 11.2 Å². The minimum atomic E-state index is -0.424. The molecule has 0 aromatic carbocycles. The molecule has 0 spiro atoms. The Morgan fingerprint density at radius 1 is 1.67 bits per heavy atom. The molecule has 4 nitrogen and oxygen atoms in total. The normalized spacial score (nSPS) is 8.67. The van der Waals surface area contributed by atoms with Crippen LogP contribution in [0.3, 0.4) is 0 Å². The van der Waals surface area contributed by atoms with Crippen molar-refractivity contribution in [2.24, 2.45) is 0 Å². The second-order valence-corrected chi connectivity index (χ2v) is 2.03. The van der Waals surface area contributed by atoms with Crippen molar-refractivity contribution in [2.75, 3.05) is 26.9 Å². The standard InChI is InChI=1S/C8H13NO3/c1-3-6-12-7-4-5-9-8(10)11-2/h1H,4-7H2,2H3,(H,9,10). The molecule has 0 atom stereocenters. The Morgan fingerprint density at radius 3 is 3.00 bits per heavy atom. The zero-order valence-corrected chi connectivity index (χ0v) is 7.13. The van der Waals surface area contributed by atoms with Gasteiger partial charge in [-0.1, -0.05) is 5.92 Å². The molecule has 0 heterocycles. The second kappa shape index (κ2) is 7.89. The molecule has 0 unspecified atom stereocenters. The number of hydrogen-bond donors (Lipinski definition) is 1. The molecule has 0 aliphatic rings. The minimum absolute atomic E-state index is 0.318. The van der Waals surface area contributed by atoms with Crippen LogP contribution < -0.4 is 5.32 Å². The molecule has 0 aliphatic carbocycles. The summed E-state index contributed by atoms with van der Waals surface area (Å²) in [4.78, 5) is 10.5. The van der Waals surface area contributed by atoms with Crippen molar-refractivity contribution < 1.29 is 14.3 Å². The third-order valence-electron chi connectivity index (χ3n) is 1.11. The molecule has 0 saturated carbocycles. The summed E-state index contributed by atoms with van der Waals surface area (Å²) in [6, 6.07) is 0. The van der Waals surface area contributed by atoms with Gasteiger partial charge in [0.25, 0.3) is 0 Å². The number of hydrogen-bond acceptors (Lipinski definition) is 3. The highest BCUT2D eigenvalue weighted by atomic mass is 16.5. The first-order valence-electron chi connectivity index (χ1n) is 3.64. The molecule has 12 heavy (non-hydrogen) atoms. The Kier molecular flexibility index (Phi) is 7.10. The fourth-order valence-corrected chi connectivity index (χ4v) is 0.568. The van der Waals surface area contributed by atoms with E-state index in [9.17, 15) is 4.79 Å². The number of alkyl carbamates (subject to hydrolysis) is 1. The lowest BCUT2D eigenvalue weighted by Gasteiger charge is -2.02. The Morgan fingerprint density at radius 2 is 2.42 bits per heavy atom. The molecule has 0 aromatic heterocycles. The van der Waals surface area contributed by atoms with Gasteiger partial charge in [0.2, 0.25) is 0 Å². The van der Waals surface area contributed by atoms with Gasteiger partial charge in [-0.25, -0.2) is 4.79 Å². The van der Waals surface area contributed by atoms with Crippen molar-refractivity contribution in [3.05, 3.63) is 0 Å². The fraction of sp³-hybridized carbons (Fsp3) is 0.625. The van der Waals surface area contributed by atoms with Crippen LogP contribution in [0, 0.1) is 12.3 Å². The lowest BCUT2D eigenvalue weighted by atomic mass is 10.4. The topological polar surface area (TPSA) is 47.6 Å². The molecule has 0 aliphatic heterocycles. The van der Waals surface area contributed by atoms with E-state index in [0.29, 0.717) is 19.8 Å². The first kappa shape index (κ1) is 10.8. The molecule has 0 saturated heterocycles. The van der Waals surface area contributed by atoms with Crippen LogP contribution in [0.25, 0.3) is 0 Å². The first-order valence-corrected chi connectivity index (χ1v) is 3.64. The Bertz CT molecular complexity index is 162. The summed E-state index contributed by atoms with van der Waals surface area (Å²) in [7, 11) is 1.32. The summed E-state index contributed by atoms with van der Waals surface area (Å²) in [6.45, 7) is 1.41. The highest BCUT2D eigenvalue weighted by Crippen LogP contribution is 1.80. The highest BCUT2D eigenvalue weighted by Gasteiger charge is 1.95. The lowest BCUT2D eigenvalue weighted by molar-refractivity contribution is 0.156. The third-order valence-corrected chi connectivity index (χ3v) is 1.11. The van der Waals surface area contributed by atoms with Crippen LogP contribution in [0.4, 0.5) is 4.79 Å². The molecule has 0 fully saturated rings. The van der Waals surface area contributed by atoms with E-state index in [1.165, 1.54) is 7.11 Å². The number of terminal acetylenes is 1. The van der Waals surface area contributed by atoms with Crippen LogP contribution in [0.2, 0.25) is 0 Å². The average Bonchev–Trinajstić information content (AvgIpc) is 2.10. The largest absolute Gasteiger partial charge is 0.453 e. The van der Waals surface area contributed by atoms with E-state index in [-0.39, 0.29) is 0 Å². The van der Waals surface area contributed by atoms with Crippen LogP contribution >= 0.6 is 0 Å². The van der Waals surface area contributed by atoms with Gasteiger partial charge in [-0.15, -0.1) is 6.42 Å². The Hall–Kier alpha value is -1.21. The number of nitrogens with one attached hydrogen (secondary N) is 1. The molecule has 0 bridgehead atoms. The van der Waals surface area contributed by atoms with Gasteiger partial charge < -0.3 is 14.8 Å². The Balaban J connectivity index is 3.01. The number of carbonyl (C=O) groups excluding carboxylic acids is 1. The van der Waals surface area contributed by atoms with Gasteiger partial charge >= 0.3 is 6.09 Å². The molecule has 68 valence electrons. The molecule has 1 N–H and O–H groups in total. The van der Waals surface area contributed by atoms with Crippen LogP contribution in [-0.4, -0.2) is 33.0 Å². The number of carbonyl (C=O) groups is 1. The number of amides is 1. The molecule has 4 heteroatoms. The van der Waals surface area contributed by atoms with E-state index in [2.05, 4.69) is 16.0 Å². The minimum Gasteiger partial charge on any atom is -0.453 e. The van der Waals surface area contributed by atoms with Crippen molar-refractivity contribution in [1.82, 2.24) is 5.32 Å². The van der Waals surface area contributed by atoms with Gasteiger partial charge in [-0.3, -0.25) is 0 Å². The van der Waals surface area contributed by atoms with Crippen molar-refractivity contribution in [2.45, 2.75) is 6.42 Å². The quantitative estimate of drug-likeness (QED) is 0.480. The summed E-state index contributed by atoms with van der Waals surface area (Å²) in [5, 5.41) is 2.52. The molecular formula is C8H13NO3. The summed E-state index contributed by atoms with van der Waals surface area (Å²) in [5.41, 5.74) is 0. The molecule has 0 radical (unpaired) electrons. The number of rotatable bonds is 5. The van der Waals surface area contributed by atoms with Gasteiger partial charge in [-0.05, 0) is 6.42 Å². The first-order chi connectivity index (χ1) is 5.81. The Labute approximate surface area is 72.2 Å². The summed E-state index contributed by atoms with van der Waals surface area (Å²) < 4.78 is 9.32. The maximum atomic E-state index is 10.5. The molecule has 0 aromatic rings. The molecule has 0 rings (SSSR count). The molecule has 1 amide bonds. The van der Waals surface area contributed by atoms with Gasteiger partial charge in [0.15, 0.2) is 0 Å². The van der Waals surface area contributed by atoms with Crippen molar-refractivity contribution in [3.8, 4) is 12.3 Å². The smallest absolute Gasteiger partial charge is 0.406 e. The number of methoxy groups -OCH3 is 1. The van der Waals surface area contributed by atoms with E-state index in [1.807, 2.05) is 0 Å². The van der Waals surface area contributed by atoms with E-state index < -0.39 is 6.09 Å². The summed E-state index contributed by atoms with van der Waals surface area (Å²) in [5.74, 6) is 2.34. The van der Waals surface area contributed by atoms with Crippen LogP contribution in [0.1, 0.15) is 6.42 Å².